The highest BCUT2D eigenvalue weighted by Crippen LogP contribution is 2.19. The van der Waals surface area contributed by atoms with Crippen molar-refractivity contribution in [1.82, 2.24) is 4.90 Å². The van der Waals surface area contributed by atoms with E-state index in [0.717, 1.165) is 25.2 Å². The third-order valence-electron chi connectivity index (χ3n) is 3.87. The number of carbonyl (C=O) groups excluding carboxylic acids is 2. The van der Waals surface area contributed by atoms with Crippen LogP contribution in [0, 0.1) is 11.8 Å². The number of hydrogen-bond acceptors (Lipinski definition) is 2. The molecule has 21 heavy (non-hydrogen) atoms. The number of nitrogens with zero attached hydrogens (tertiary/aromatic N) is 1. The van der Waals surface area contributed by atoms with Crippen molar-refractivity contribution in [1.29, 1.82) is 0 Å². The number of anilines is 1. The standard InChI is InChI=1S/C17H24N2O2/c1-12(2)16(20)18-15-8-6-14(7-9-15)17(21)19-10-4-5-13(3)11-19/h6-9,12-13H,4-5,10-11H2,1-3H3,(H,18,20). The first-order chi connectivity index (χ1) is 9.97. The van der Waals surface area contributed by atoms with Crippen LogP contribution in [-0.2, 0) is 4.79 Å². The lowest BCUT2D eigenvalue weighted by atomic mass is 9.99. The summed E-state index contributed by atoms with van der Waals surface area (Å²) in [7, 11) is 0. The van der Waals surface area contributed by atoms with Gasteiger partial charge in [-0.2, -0.15) is 0 Å². The van der Waals surface area contributed by atoms with Gasteiger partial charge in [0.25, 0.3) is 5.91 Å². The van der Waals surface area contributed by atoms with Crippen LogP contribution >= 0.6 is 0 Å². The van der Waals surface area contributed by atoms with Crippen LogP contribution in [0.25, 0.3) is 0 Å². The van der Waals surface area contributed by atoms with Crippen molar-refractivity contribution in [3.8, 4) is 0 Å². The first-order valence-corrected chi connectivity index (χ1v) is 7.67. The molecule has 4 heteroatoms. The SMILES string of the molecule is CC1CCCN(C(=O)c2ccc(NC(=O)C(C)C)cc2)C1. The summed E-state index contributed by atoms with van der Waals surface area (Å²) >= 11 is 0. The first kappa shape index (κ1) is 15.5. The fourth-order valence-corrected chi connectivity index (χ4v) is 2.54. The maximum Gasteiger partial charge on any atom is 0.253 e. The molecular weight excluding hydrogens is 264 g/mol. The Morgan fingerprint density at radius 1 is 1.24 bits per heavy atom. The number of nitrogens with one attached hydrogen (secondary N) is 1. The summed E-state index contributed by atoms with van der Waals surface area (Å²) < 4.78 is 0. The van der Waals surface area contributed by atoms with E-state index in [1.807, 2.05) is 18.7 Å². The van der Waals surface area contributed by atoms with Gasteiger partial charge in [0.15, 0.2) is 0 Å². The molecule has 1 heterocycles. The first-order valence-electron chi connectivity index (χ1n) is 7.67. The Hall–Kier alpha value is -1.84. The normalized spacial score (nSPS) is 18.7. The summed E-state index contributed by atoms with van der Waals surface area (Å²) in [5.41, 5.74) is 1.42. The second-order valence-electron chi connectivity index (χ2n) is 6.22. The lowest BCUT2D eigenvalue weighted by molar-refractivity contribution is -0.118. The predicted octanol–water partition coefficient (Wildman–Crippen LogP) is 3.15. The van der Waals surface area contributed by atoms with E-state index in [2.05, 4.69) is 12.2 Å². The van der Waals surface area contributed by atoms with Gasteiger partial charge in [-0.3, -0.25) is 9.59 Å². The van der Waals surface area contributed by atoms with Crippen LogP contribution in [0.2, 0.25) is 0 Å². The second kappa shape index (κ2) is 6.74. The Balaban J connectivity index is 2.01. The number of amides is 2. The monoisotopic (exact) mass is 288 g/mol. The van der Waals surface area contributed by atoms with Crippen molar-refractivity contribution in [3.05, 3.63) is 29.8 Å². The van der Waals surface area contributed by atoms with E-state index in [4.69, 9.17) is 0 Å². The average Bonchev–Trinajstić information content (AvgIpc) is 2.47. The van der Waals surface area contributed by atoms with Gasteiger partial charge in [0, 0.05) is 30.3 Å². The Morgan fingerprint density at radius 3 is 2.48 bits per heavy atom. The smallest absolute Gasteiger partial charge is 0.253 e. The summed E-state index contributed by atoms with van der Waals surface area (Å²) in [4.78, 5) is 26.0. The summed E-state index contributed by atoms with van der Waals surface area (Å²) in [6, 6.07) is 7.16. The molecular formula is C17H24N2O2. The number of piperidine rings is 1. The molecule has 0 radical (unpaired) electrons. The largest absolute Gasteiger partial charge is 0.338 e. The van der Waals surface area contributed by atoms with Crippen molar-refractivity contribution in [2.45, 2.75) is 33.6 Å². The maximum atomic E-state index is 12.4. The van der Waals surface area contributed by atoms with E-state index in [1.54, 1.807) is 24.3 Å². The fraction of sp³-hybridized carbons (Fsp3) is 0.529. The average molecular weight is 288 g/mol. The zero-order valence-electron chi connectivity index (χ0n) is 13.1. The minimum Gasteiger partial charge on any atom is -0.338 e. The highest BCUT2D eigenvalue weighted by Gasteiger charge is 2.21. The minimum atomic E-state index is -0.0545. The second-order valence-corrected chi connectivity index (χ2v) is 6.22. The summed E-state index contributed by atoms with van der Waals surface area (Å²) in [5.74, 6) is 0.593. The Bertz CT molecular complexity index is 508. The third-order valence-corrected chi connectivity index (χ3v) is 3.87. The molecule has 1 fully saturated rings. The molecule has 1 aromatic rings. The van der Waals surface area contributed by atoms with Crippen LogP contribution in [0.1, 0.15) is 44.0 Å². The van der Waals surface area contributed by atoms with Gasteiger partial charge in [-0.15, -0.1) is 0 Å². The molecule has 1 N–H and O–H groups in total. The van der Waals surface area contributed by atoms with Gasteiger partial charge in [-0.25, -0.2) is 0 Å². The van der Waals surface area contributed by atoms with Crippen LogP contribution < -0.4 is 5.32 Å². The van der Waals surface area contributed by atoms with Gasteiger partial charge in [0.1, 0.15) is 0 Å². The maximum absolute atomic E-state index is 12.4. The molecule has 1 aliphatic rings. The summed E-state index contributed by atoms with van der Waals surface area (Å²) in [6.07, 6.45) is 2.28. The zero-order chi connectivity index (χ0) is 15.4. The van der Waals surface area contributed by atoms with E-state index in [9.17, 15) is 9.59 Å². The topological polar surface area (TPSA) is 49.4 Å². The van der Waals surface area contributed by atoms with Crippen LogP contribution in [0.4, 0.5) is 5.69 Å². The van der Waals surface area contributed by atoms with Crippen molar-refractivity contribution >= 4 is 17.5 Å². The number of benzene rings is 1. The molecule has 1 aromatic carbocycles. The van der Waals surface area contributed by atoms with Crippen LogP contribution in [0.3, 0.4) is 0 Å². The Morgan fingerprint density at radius 2 is 1.90 bits per heavy atom. The lowest BCUT2D eigenvalue weighted by Gasteiger charge is -2.31. The number of hydrogen-bond donors (Lipinski definition) is 1. The summed E-state index contributed by atoms with van der Waals surface area (Å²) in [6.45, 7) is 7.57. The highest BCUT2D eigenvalue weighted by molar-refractivity contribution is 5.96. The highest BCUT2D eigenvalue weighted by atomic mass is 16.2. The molecule has 114 valence electrons. The molecule has 0 aromatic heterocycles. The molecule has 2 amide bonds. The van der Waals surface area contributed by atoms with E-state index in [0.29, 0.717) is 11.5 Å². The number of carbonyl (C=O) groups is 2. The molecule has 4 nitrogen and oxygen atoms in total. The molecule has 1 unspecified atom stereocenters. The van der Waals surface area contributed by atoms with Crippen LogP contribution in [0.15, 0.2) is 24.3 Å². The van der Waals surface area contributed by atoms with Crippen molar-refractivity contribution in [2.24, 2.45) is 11.8 Å². The molecule has 0 bridgehead atoms. The van der Waals surface area contributed by atoms with E-state index in [-0.39, 0.29) is 17.7 Å². The molecule has 0 spiro atoms. The van der Waals surface area contributed by atoms with Crippen LogP contribution in [0.5, 0.6) is 0 Å². The molecule has 1 saturated heterocycles. The van der Waals surface area contributed by atoms with Gasteiger partial charge in [-0.1, -0.05) is 20.8 Å². The lowest BCUT2D eigenvalue weighted by Crippen LogP contribution is -2.39. The van der Waals surface area contributed by atoms with E-state index >= 15 is 0 Å². The van der Waals surface area contributed by atoms with Crippen LogP contribution in [-0.4, -0.2) is 29.8 Å². The molecule has 1 atom stereocenters. The number of rotatable bonds is 3. The predicted molar refractivity (Wildman–Crippen MR) is 84.2 cm³/mol. The van der Waals surface area contributed by atoms with E-state index in [1.165, 1.54) is 6.42 Å². The molecule has 0 saturated carbocycles. The zero-order valence-corrected chi connectivity index (χ0v) is 13.1. The Kier molecular flexibility index (Phi) is 4.99. The summed E-state index contributed by atoms with van der Waals surface area (Å²) in [5, 5.41) is 2.83. The molecule has 2 rings (SSSR count). The number of likely N-dealkylation sites (tertiary alicyclic amines) is 1. The van der Waals surface area contributed by atoms with Crippen molar-refractivity contribution < 1.29 is 9.59 Å². The molecule has 0 aliphatic carbocycles. The molecule has 1 aliphatic heterocycles. The van der Waals surface area contributed by atoms with E-state index < -0.39 is 0 Å². The minimum absolute atomic E-state index is 0.0149. The van der Waals surface area contributed by atoms with Gasteiger partial charge >= 0.3 is 0 Å². The van der Waals surface area contributed by atoms with Crippen molar-refractivity contribution in [3.63, 3.8) is 0 Å². The Labute approximate surface area is 126 Å². The van der Waals surface area contributed by atoms with Crippen molar-refractivity contribution in [2.75, 3.05) is 18.4 Å². The van der Waals surface area contributed by atoms with Gasteiger partial charge in [-0.05, 0) is 43.0 Å². The van der Waals surface area contributed by atoms with Gasteiger partial charge in [0.05, 0.1) is 0 Å². The fourth-order valence-electron chi connectivity index (χ4n) is 2.54. The third kappa shape index (κ3) is 4.06. The van der Waals surface area contributed by atoms with Gasteiger partial charge < -0.3 is 10.2 Å². The van der Waals surface area contributed by atoms with Gasteiger partial charge in [0.2, 0.25) is 5.91 Å². The quantitative estimate of drug-likeness (QED) is 0.929.